The molecule has 0 spiro atoms. The van der Waals surface area contributed by atoms with E-state index in [2.05, 4.69) is 5.32 Å². The number of hydrogen-bond donors (Lipinski definition) is 1. The van der Waals surface area contributed by atoms with E-state index in [1.54, 1.807) is 36.4 Å². The van der Waals surface area contributed by atoms with Gasteiger partial charge in [0.15, 0.2) is 0 Å². The van der Waals surface area contributed by atoms with Crippen molar-refractivity contribution in [3.8, 4) is 0 Å². The van der Waals surface area contributed by atoms with Crippen molar-refractivity contribution >= 4 is 29.3 Å². The number of aryl methyl sites for hydroxylation is 1. The van der Waals surface area contributed by atoms with Crippen molar-refractivity contribution in [2.24, 2.45) is 0 Å². The van der Waals surface area contributed by atoms with Crippen molar-refractivity contribution in [2.45, 2.75) is 6.92 Å². The third-order valence-electron chi connectivity index (χ3n) is 2.25. The summed E-state index contributed by atoms with van der Waals surface area (Å²) in [5.41, 5.74) is 0.660. The molecule has 0 bridgehead atoms. The highest BCUT2D eigenvalue weighted by Gasteiger charge is 1.99. The van der Waals surface area contributed by atoms with Gasteiger partial charge in [-0.2, -0.15) is 0 Å². The minimum atomic E-state index is -0.230. The summed E-state index contributed by atoms with van der Waals surface area (Å²) < 4.78 is 5.32. The molecule has 0 aliphatic carbocycles. The normalized spacial score (nSPS) is 10.8. The fourth-order valence-electron chi connectivity index (χ4n) is 1.45. The first kappa shape index (κ1) is 12.5. The quantitative estimate of drug-likeness (QED) is 0.852. The second kappa shape index (κ2) is 5.56. The fraction of sp³-hybridized carbons (Fsp3) is 0.0714. The maximum atomic E-state index is 11.6. The lowest BCUT2D eigenvalue weighted by molar-refractivity contribution is -0.111. The molecule has 2 rings (SSSR count). The van der Waals surface area contributed by atoms with Gasteiger partial charge in [-0.05, 0) is 43.3 Å². The van der Waals surface area contributed by atoms with Crippen molar-refractivity contribution in [1.82, 2.24) is 0 Å². The molecule has 1 aromatic carbocycles. The molecule has 0 atom stereocenters. The minimum Gasteiger partial charge on any atom is -0.462 e. The summed E-state index contributed by atoms with van der Waals surface area (Å²) in [6.07, 6.45) is 3.03. The molecule has 0 unspecified atom stereocenters. The first-order valence-corrected chi connectivity index (χ1v) is 5.82. The topological polar surface area (TPSA) is 42.2 Å². The predicted molar refractivity (Wildman–Crippen MR) is 72.6 cm³/mol. The van der Waals surface area contributed by atoms with Crippen LogP contribution in [0.2, 0.25) is 5.02 Å². The number of rotatable bonds is 3. The second-order valence-electron chi connectivity index (χ2n) is 3.78. The highest BCUT2D eigenvalue weighted by molar-refractivity contribution is 6.30. The number of hydrogen-bond acceptors (Lipinski definition) is 2. The molecule has 92 valence electrons. The summed E-state index contributed by atoms with van der Waals surface area (Å²) in [4.78, 5) is 11.6. The summed E-state index contributed by atoms with van der Waals surface area (Å²) in [6.45, 7) is 1.85. The van der Waals surface area contributed by atoms with Crippen molar-refractivity contribution in [1.29, 1.82) is 0 Å². The van der Waals surface area contributed by atoms with Crippen LogP contribution in [0, 0.1) is 6.92 Å². The lowest BCUT2D eigenvalue weighted by Crippen LogP contribution is -2.07. The Morgan fingerprint density at radius 2 is 2.17 bits per heavy atom. The molecule has 0 aliphatic rings. The van der Waals surface area contributed by atoms with E-state index in [4.69, 9.17) is 16.0 Å². The first-order valence-electron chi connectivity index (χ1n) is 5.44. The molecule has 1 amide bonds. The van der Waals surface area contributed by atoms with Crippen LogP contribution in [-0.4, -0.2) is 5.91 Å². The molecule has 1 heterocycles. The molecule has 0 aliphatic heterocycles. The zero-order chi connectivity index (χ0) is 13.0. The van der Waals surface area contributed by atoms with E-state index < -0.39 is 0 Å². The lowest BCUT2D eigenvalue weighted by Gasteiger charge is -2.01. The molecular weight excluding hydrogens is 250 g/mol. The van der Waals surface area contributed by atoms with Crippen molar-refractivity contribution < 1.29 is 9.21 Å². The van der Waals surface area contributed by atoms with Crippen LogP contribution in [0.15, 0.2) is 46.9 Å². The van der Waals surface area contributed by atoms with Crippen LogP contribution in [0.5, 0.6) is 0 Å². The van der Waals surface area contributed by atoms with Gasteiger partial charge in [-0.1, -0.05) is 17.7 Å². The van der Waals surface area contributed by atoms with Gasteiger partial charge in [0.25, 0.3) is 0 Å². The number of benzene rings is 1. The Morgan fingerprint density at radius 3 is 2.83 bits per heavy atom. The van der Waals surface area contributed by atoms with Gasteiger partial charge in [-0.25, -0.2) is 0 Å². The van der Waals surface area contributed by atoms with Crippen LogP contribution >= 0.6 is 11.6 Å². The van der Waals surface area contributed by atoms with Gasteiger partial charge in [-0.3, -0.25) is 4.79 Å². The predicted octanol–water partition coefficient (Wildman–Crippen LogP) is 3.89. The fourth-order valence-corrected chi connectivity index (χ4v) is 1.64. The number of furan rings is 1. The maximum absolute atomic E-state index is 11.6. The Bertz CT molecular complexity index is 587. The number of anilines is 1. The molecule has 3 nitrogen and oxygen atoms in total. The van der Waals surface area contributed by atoms with E-state index in [9.17, 15) is 4.79 Å². The summed E-state index contributed by atoms with van der Waals surface area (Å²) in [7, 11) is 0. The molecule has 0 saturated heterocycles. The van der Waals surface area contributed by atoms with E-state index in [1.807, 2.05) is 13.0 Å². The average Bonchev–Trinajstić information content (AvgIpc) is 2.73. The van der Waals surface area contributed by atoms with Gasteiger partial charge in [0, 0.05) is 16.8 Å². The van der Waals surface area contributed by atoms with Crippen LogP contribution in [0.4, 0.5) is 5.69 Å². The maximum Gasteiger partial charge on any atom is 0.248 e. The Balaban J connectivity index is 1.98. The molecule has 18 heavy (non-hydrogen) atoms. The molecular formula is C14H12ClNO2. The smallest absolute Gasteiger partial charge is 0.248 e. The van der Waals surface area contributed by atoms with Crippen LogP contribution in [0.1, 0.15) is 11.5 Å². The lowest BCUT2D eigenvalue weighted by atomic mass is 10.3. The van der Waals surface area contributed by atoms with E-state index in [0.717, 1.165) is 5.76 Å². The standard InChI is InChI=1S/C14H12ClNO2/c1-10-5-6-13(18-10)7-8-14(17)16-12-4-2-3-11(15)9-12/h2-9H,1H3,(H,16,17)/b8-7+. The zero-order valence-corrected chi connectivity index (χ0v) is 10.6. The molecule has 2 aromatic rings. The van der Waals surface area contributed by atoms with Gasteiger partial charge < -0.3 is 9.73 Å². The van der Waals surface area contributed by atoms with E-state index in [1.165, 1.54) is 6.08 Å². The number of amides is 1. The highest BCUT2D eigenvalue weighted by atomic mass is 35.5. The van der Waals surface area contributed by atoms with Gasteiger partial charge in [-0.15, -0.1) is 0 Å². The van der Waals surface area contributed by atoms with Crippen LogP contribution in [0.25, 0.3) is 6.08 Å². The number of carbonyl (C=O) groups is 1. The molecule has 0 fully saturated rings. The summed E-state index contributed by atoms with van der Waals surface area (Å²) in [6, 6.07) is 10.6. The monoisotopic (exact) mass is 261 g/mol. The Labute approximate surface area is 110 Å². The SMILES string of the molecule is Cc1ccc(/C=C/C(=O)Nc2cccc(Cl)c2)o1. The summed E-state index contributed by atoms with van der Waals surface area (Å²) >= 11 is 5.82. The average molecular weight is 262 g/mol. The van der Waals surface area contributed by atoms with Crippen LogP contribution in [0.3, 0.4) is 0 Å². The minimum absolute atomic E-state index is 0.230. The summed E-state index contributed by atoms with van der Waals surface area (Å²) in [5.74, 6) is 1.23. The molecule has 1 N–H and O–H groups in total. The van der Waals surface area contributed by atoms with Gasteiger partial charge in [0.05, 0.1) is 0 Å². The van der Waals surface area contributed by atoms with Crippen molar-refractivity contribution in [3.63, 3.8) is 0 Å². The number of halogens is 1. The van der Waals surface area contributed by atoms with Gasteiger partial charge in [0.2, 0.25) is 5.91 Å². The number of nitrogens with one attached hydrogen (secondary N) is 1. The van der Waals surface area contributed by atoms with E-state index in [0.29, 0.717) is 16.5 Å². The van der Waals surface area contributed by atoms with Crippen LogP contribution < -0.4 is 5.32 Å². The highest BCUT2D eigenvalue weighted by Crippen LogP contribution is 2.15. The molecule has 0 radical (unpaired) electrons. The summed E-state index contributed by atoms with van der Waals surface area (Å²) in [5, 5.41) is 3.29. The van der Waals surface area contributed by atoms with Gasteiger partial charge >= 0.3 is 0 Å². The van der Waals surface area contributed by atoms with E-state index >= 15 is 0 Å². The Hall–Kier alpha value is -2.00. The second-order valence-corrected chi connectivity index (χ2v) is 4.22. The third-order valence-corrected chi connectivity index (χ3v) is 2.49. The van der Waals surface area contributed by atoms with Gasteiger partial charge in [0.1, 0.15) is 11.5 Å². The third kappa shape index (κ3) is 3.50. The van der Waals surface area contributed by atoms with Crippen LogP contribution in [-0.2, 0) is 4.79 Å². The zero-order valence-electron chi connectivity index (χ0n) is 9.81. The first-order chi connectivity index (χ1) is 8.63. The molecule has 4 heteroatoms. The van der Waals surface area contributed by atoms with Crippen molar-refractivity contribution in [3.05, 3.63) is 59.0 Å². The van der Waals surface area contributed by atoms with E-state index in [-0.39, 0.29) is 5.91 Å². The largest absolute Gasteiger partial charge is 0.462 e. The molecule has 1 aromatic heterocycles. The Morgan fingerprint density at radius 1 is 1.33 bits per heavy atom. The Kier molecular flexibility index (Phi) is 3.85. The molecule has 0 saturated carbocycles. The van der Waals surface area contributed by atoms with Crippen molar-refractivity contribution in [2.75, 3.05) is 5.32 Å². The number of carbonyl (C=O) groups excluding carboxylic acids is 1.